The van der Waals surface area contributed by atoms with Crippen molar-refractivity contribution in [2.45, 2.75) is 72.0 Å². The van der Waals surface area contributed by atoms with Gasteiger partial charge in [0, 0.05) is 37.8 Å². The summed E-state index contributed by atoms with van der Waals surface area (Å²) in [5.41, 5.74) is 0.985. The molecule has 0 unspecified atom stereocenters. The molecule has 2 heterocycles. The van der Waals surface area contributed by atoms with Crippen LogP contribution in [0.1, 0.15) is 64.8 Å². The van der Waals surface area contributed by atoms with Crippen molar-refractivity contribution in [1.82, 2.24) is 20.7 Å². The third-order valence-electron chi connectivity index (χ3n) is 4.51. The Morgan fingerprint density at radius 1 is 1.33 bits per heavy atom. The molecule has 0 atom stereocenters. The first-order valence-corrected chi connectivity index (χ1v) is 9.24. The van der Waals surface area contributed by atoms with Gasteiger partial charge in [0.1, 0.15) is 6.54 Å². The van der Waals surface area contributed by atoms with Crippen LogP contribution in [-0.4, -0.2) is 47.7 Å². The number of piperidine rings is 1. The van der Waals surface area contributed by atoms with Gasteiger partial charge >= 0.3 is 0 Å². The number of nitrogens with one attached hydrogen (secondary N) is 2. The summed E-state index contributed by atoms with van der Waals surface area (Å²) in [4.78, 5) is 7.18. The molecule has 0 bridgehead atoms. The molecule has 1 saturated heterocycles. The van der Waals surface area contributed by atoms with Crippen LogP contribution < -0.4 is 10.6 Å². The minimum Gasteiger partial charge on any atom is -0.359 e. The molecule has 6 heteroatoms. The largest absolute Gasteiger partial charge is 0.359 e. The molecule has 2 N–H and O–H groups in total. The number of aliphatic imine (C=N–C) groups is 1. The van der Waals surface area contributed by atoms with Crippen LogP contribution in [0.25, 0.3) is 0 Å². The second-order valence-corrected chi connectivity index (χ2v) is 7.12. The van der Waals surface area contributed by atoms with Crippen LogP contribution in [0.15, 0.2) is 15.6 Å². The third-order valence-corrected chi connectivity index (χ3v) is 4.51. The maximum absolute atomic E-state index is 5.37. The highest BCUT2D eigenvalue weighted by Gasteiger charge is 2.21. The lowest BCUT2D eigenvalue weighted by Crippen LogP contribution is -2.49. The van der Waals surface area contributed by atoms with Gasteiger partial charge in [-0.25, -0.2) is 4.99 Å². The summed E-state index contributed by atoms with van der Waals surface area (Å²) in [6, 6.07) is 3.12. The second kappa shape index (κ2) is 9.06. The van der Waals surface area contributed by atoms with E-state index in [0.29, 0.717) is 24.5 Å². The van der Waals surface area contributed by atoms with Gasteiger partial charge in [-0.1, -0.05) is 19.0 Å². The second-order valence-electron chi connectivity index (χ2n) is 7.12. The van der Waals surface area contributed by atoms with Gasteiger partial charge in [-0.05, 0) is 39.5 Å². The topological polar surface area (TPSA) is 65.7 Å². The fraction of sp³-hybridized carbons (Fsp3) is 0.778. The van der Waals surface area contributed by atoms with E-state index >= 15 is 0 Å². The average molecular weight is 335 g/mol. The number of hydrogen-bond donors (Lipinski definition) is 2. The van der Waals surface area contributed by atoms with Crippen molar-refractivity contribution in [1.29, 1.82) is 0 Å². The van der Waals surface area contributed by atoms with Crippen LogP contribution in [0.3, 0.4) is 0 Å². The van der Waals surface area contributed by atoms with Crippen molar-refractivity contribution in [3.8, 4) is 0 Å². The molecule has 1 aliphatic rings. The Morgan fingerprint density at radius 3 is 2.58 bits per heavy atom. The first-order valence-electron chi connectivity index (χ1n) is 9.24. The zero-order chi connectivity index (χ0) is 17.5. The summed E-state index contributed by atoms with van der Waals surface area (Å²) in [6.45, 7) is 14.5. The maximum Gasteiger partial charge on any atom is 0.191 e. The van der Waals surface area contributed by atoms with Gasteiger partial charge in [-0.15, -0.1) is 0 Å². The normalized spacial score (nSPS) is 17.7. The minimum atomic E-state index is 0.379. The van der Waals surface area contributed by atoms with E-state index in [1.165, 1.54) is 0 Å². The highest BCUT2D eigenvalue weighted by atomic mass is 16.5. The third kappa shape index (κ3) is 5.51. The van der Waals surface area contributed by atoms with Crippen molar-refractivity contribution in [2.75, 3.05) is 19.6 Å². The van der Waals surface area contributed by atoms with Gasteiger partial charge in [0.15, 0.2) is 11.7 Å². The fourth-order valence-electron chi connectivity index (χ4n) is 2.91. The summed E-state index contributed by atoms with van der Waals surface area (Å²) >= 11 is 0. The van der Waals surface area contributed by atoms with Crippen LogP contribution in [-0.2, 0) is 6.54 Å². The molecule has 0 aromatic carbocycles. The van der Waals surface area contributed by atoms with Crippen LogP contribution in [0.2, 0.25) is 0 Å². The number of nitrogens with zero attached hydrogens (tertiary/aromatic N) is 3. The van der Waals surface area contributed by atoms with Crippen LogP contribution in [0, 0.1) is 0 Å². The summed E-state index contributed by atoms with van der Waals surface area (Å²) in [6.07, 6.45) is 2.31. The van der Waals surface area contributed by atoms with Gasteiger partial charge in [0.2, 0.25) is 0 Å². The first-order chi connectivity index (χ1) is 11.5. The molecule has 24 heavy (non-hydrogen) atoms. The van der Waals surface area contributed by atoms with Gasteiger partial charge in [-0.2, -0.15) is 0 Å². The molecule has 2 rings (SSSR count). The molecule has 1 fully saturated rings. The summed E-state index contributed by atoms with van der Waals surface area (Å²) in [7, 11) is 0. The Bertz CT molecular complexity index is 515. The molecule has 1 aromatic heterocycles. The molecule has 1 aliphatic heterocycles. The van der Waals surface area contributed by atoms with Crippen LogP contribution in [0.5, 0.6) is 0 Å². The Morgan fingerprint density at radius 2 is 2.04 bits per heavy atom. The van der Waals surface area contributed by atoms with E-state index in [1.807, 2.05) is 6.07 Å². The fourth-order valence-corrected chi connectivity index (χ4v) is 2.91. The Hall–Kier alpha value is -1.56. The van der Waals surface area contributed by atoms with Gasteiger partial charge in [-0.3, -0.25) is 0 Å². The van der Waals surface area contributed by atoms with E-state index in [-0.39, 0.29) is 0 Å². The van der Waals surface area contributed by atoms with Crippen LogP contribution >= 0.6 is 0 Å². The molecule has 1 aromatic rings. The summed E-state index contributed by atoms with van der Waals surface area (Å²) < 4.78 is 5.37. The van der Waals surface area contributed by atoms with Gasteiger partial charge in [0.05, 0.1) is 5.69 Å². The van der Waals surface area contributed by atoms with Gasteiger partial charge < -0.3 is 20.1 Å². The maximum atomic E-state index is 5.37. The summed E-state index contributed by atoms with van der Waals surface area (Å²) in [5, 5.41) is 11.0. The van der Waals surface area contributed by atoms with Crippen molar-refractivity contribution >= 4 is 5.96 Å². The van der Waals surface area contributed by atoms with Crippen molar-refractivity contribution in [2.24, 2.45) is 4.99 Å². The average Bonchev–Trinajstić information content (AvgIpc) is 3.02. The predicted molar refractivity (Wildman–Crippen MR) is 98.3 cm³/mol. The molecular weight excluding hydrogens is 302 g/mol. The SMILES string of the molecule is CCNC(=NCc1cc(C(C)C)no1)NC1CCN(C(C)C)CC1. The molecule has 136 valence electrons. The lowest BCUT2D eigenvalue weighted by atomic mass is 10.0. The molecule has 6 nitrogen and oxygen atoms in total. The number of hydrogen-bond acceptors (Lipinski definition) is 4. The van der Waals surface area contributed by atoms with Gasteiger partial charge in [0.25, 0.3) is 0 Å². The quantitative estimate of drug-likeness (QED) is 0.618. The number of likely N-dealkylation sites (tertiary alicyclic amines) is 1. The Labute approximate surface area is 146 Å². The Balaban J connectivity index is 1.88. The van der Waals surface area contributed by atoms with E-state index in [1.54, 1.807) is 0 Å². The van der Waals surface area contributed by atoms with E-state index in [2.05, 4.69) is 60.3 Å². The predicted octanol–water partition coefficient (Wildman–Crippen LogP) is 2.73. The van der Waals surface area contributed by atoms with Crippen molar-refractivity contribution in [3.05, 3.63) is 17.5 Å². The molecule has 0 spiro atoms. The van der Waals surface area contributed by atoms with E-state index in [4.69, 9.17) is 4.52 Å². The van der Waals surface area contributed by atoms with E-state index < -0.39 is 0 Å². The number of aromatic nitrogens is 1. The first kappa shape index (κ1) is 18.8. The monoisotopic (exact) mass is 335 g/mol. The molecular formula is C18H33N5O. The highest BCUT2D eigenvalue weighted by molar-refractivity contribution is 5.80. The standard InChI is InChI=1S/C18H33N5O/c1-6-19-18(20-12-16-11-17(13(2)3)22-24-16)21-15-7-9-23(10-8-15)14(4)5/h11,13-15H,6-10,12H2,1-5H3,(H2,19,20,21). The molecule has 0 saturated carbocycles. The lowest BCUT2D eigenvalue weighted by Gasteiger charge is -2.35. The van der Waals surface area contributed by atoms with Crippen molar-refractivity contribution < 1.29 is 4.52 Å². The van der Waals surface area contributed by atoms with E-state index in [9.17, 15) is 0 Å². The number of rotatable bonds is 6. The van der Waals surface area contributed by atoms with E-state index in [0.717, 1.165) is 49.9 Å². The Kier molecular flexibility index (Phi) is 7.09. The zero-order valence-electron chi connectivity index (χ0n) is 15.8. The molecule has 0 radical (unpaired) electrons. The smallest absolute Gasteiger partial charge is 0.191 e. The lowest BCUT2D eigenvalue weighted by molar-refractivity contribution is 0.167. The highest BCUT2D eigenvalue weighted by Crippen LogP contribution is 2.15. The zero-order valence-corrected chi connectivity index (χ0v) is 15.8. The number of guanidine groups is 1. The molecule has 0 amide bonds. The van der Waals surface area contributed by atoms with Crippen LogP contribution in [0.4, 0.5) is 0 Å². The minimum absolute atomic E-state index is 0.379. The van der Waals surface area contributed by atoms with Crippen molar-refractivity contribution in [3.63, 3.8) is 0 Å². The molecule has 0 aliphatic carbocycles. The summed E-state index contributed by atoms with van der Waals surface area (Å²) in [5.74, 6) is 2.05.